The van der Waals surface area contributed by atoms with Crippen LogP contribution < -0.4 is 0 Å². The van der Waals surface area contributed by atoms with Gasteiger partial charge in [0, 0.05) is 18.7 Å². The molecule has 0 N–H and O–H groups in total. The summed E-state index contributed by atoms with van der Waals surface area (Å²) in [5.41, 5.74) is -0.114. The van der Waals surface area contributed by atoms with Crippen LogP contribution in [0, 0.1) is 29.3 Å². The SMILES string of the molecule is O=C(c1cc(F)c(F)c(F)c1)N1CC2CCCC2C1. The summed E-state index contributed by atoms with van der Waals surface area (Å²) in [6.07, 6.45) is 3.42. The lowest BCUT2D eigenvalue weighted by Crippen LogP contribution is -2.29. The van der Waals surface area contributed by atoms with Gasteiger partial charge in [-0.05, 0) is 36.8 Å². The number of hydrogen-bond donors (Lipinski definition) is 0. The fraction of sp³-hybridized carbons (Fsp3) is 0.500. The molecule has 0 bridgehead atoms. The number of carbonyl (C=O) groups excluding carboxylic acids is 1. The Balaban J connectivity index is 1.81. The van der Waals surface area contributed by atoms with Crippen LogP contribution in [-0.4, -0.2) is 23.9 Å². The molecule has 2 aliphatic rings. The summed E-state index contributed by atoms with van der Waals surface area (Å²) in [7, 11) is 0. The minimum absolute atomic E-state index is 0.114. The molecule has 2 atom stereocenters. The molecule has 0 radical (unpaired) electrons. The molecular formula is C14H14F3NO. The van der Waals surface area contributed by atoms with E-state index in [4.69, 9.17) is 0 Å². The van der Waals surface area contributed by atoms with Crippen molar-refractivity contribution >= 4 is 5.91 Å². The third-order valence-corrected chi connectivity index (χ3v) is 4.24. The summed E-state index contributed by atoms with van der Waals surface area (Å²) in [6, 6.07) is 1.55. The number of hydrogen-bond acceptors (Lipinski definition) is 1. The number of rotatable bonds is 1. The number of halogens is 3. The molecule has 2 unspecified atom stereocenters. The van der Waals surface area contributed by atoms with Gasteiger partial charge in [-0.2, -0.15) is 0 Å². The van der Waals surface area contributed by atoms with E-state index in [1.54, 1.807) is 4.90 Å². The van der Waals surface area contributed by atoms with Crippen LogP contribution in [0.5, 0.6) is 0 Å². The number of carbonyl (C=O) groups is 1. The summed E-state index contributed by atoms with van der Waals surface area (Å²) in [6.45, 7) is 1.29. The first-order chi connectivity index (χ1) is 9.06. The Hall–Kier alpha value is -1.52. The van der Waals surface area contributed by atoms with Gasteiger partial charge in [-0.3, -0.25) is 4.79 Å². The summed E-state index contributed by atoms with van der Waals surface area (Å²) >= 11 is 0. The van der Waals surface area contributed by atoms with E-state index in [2.05, 4.69) is 0 Å². The molecule has 1 heterocycles. The smallest absolute Gasteiger partial charge is 0.254 e. The largest absolute Gasteiger partial charge is 0.338 e. The van der Waals surface area contributed by atoms with E-state index in [1.807, 2.05) is 0 Å². The highest BCUT2D eigenvalue weighted by atomic mass is 19.2. The van der Waals surface area contributed by atoms with E-state index in [1.165, 1.54) is 6.42 Å². The summed E-state index contributed by atoms with van der Waals surface area (Å²) < 4.78 is 39.1. The molecule has 1 aliphatic carbocycles. The van der Waals surface area contributed by atoms with Gasteiger partial charge < -0.3 is 4.90 Å². The van der Waals surface area contributed by atoms with Crippen molar-refractivity contribution in [1.29, 1.82) is 0 Å². The number of benzene rings is 1. The van der Waals surface area contributed by atoms with Crippen LogP contribution in [-0.2, 0) is 0 Å². The average molecular weight is 269 g/mol. The van der Waals surface area contributed by atoms with E-state index in [0.29, 0.717) is 24.9 Å². The molecule has 102 valence electrons. The molecular weight excluding hydrogens is 255 g/mol. The van der Waals surface area contributed by atoms with Gasteiger partial charge in [0.1, 0.15) is 0 Å². The Kier molecular flexibility index (Phi) is 2.99. The summed E-state index contributed by atoms with van der Waals surface area (Å²) in [5, 5.41) is 0. The van der Waals surface area contributed by atoms with Gasteiger partial charge >= 0.3 is 0 Å². The van der Waals surface area contributed by atoms with Gasteiger partial charge in [0.05, 0.1) is 0 Å². The van der Waals surface area contributed by atoms with Gasteiger partial charge in [0.25, 0.3) is 5.91 Å². The van der Waals surface area contributed by atoms with Crippen molar-refractivity contribution in [2.45, 2.75) is 19.3 Å². The highest BCUT2D eigenvalue weighted by Gasteiger charge is 2.38. The van der Waals surface area contributed by atoms with E-state index in [9.17, 15) is 18.0 Å². The summed E-state index contributed by atoms with van der Waals surface area (Å²) in [5.74, 6) is -3.55. The highest BCUT2D eigenvalue weighted by Crippen LogP contribution is 2.38. The zero-order valence-corrected chi connectivity index (χ0v) is 10.3. The van der Waals surface area contributed by atoms with Crippen molar-refractivity contribution in [3.05, 3.63) is 35.1 Å². The second-order valence-corrected chi connectivity index (χ2v) is 5.42. The third kappa shape index (κ3) is 2.11. The van der Waals surface area contributed by atoms with Crippen LogP contribution in [0.1, 0.15) is 29.6 Å². The second-order valence-electron chi connectivity index (χ2n) is 5.42. The molecule has 1 saturated carbocycles. The van der Waals surface area contributed by atoms with E-state index >= 15 is 0 Å². The molecule has 1 saturated heterocycles. The monoisotopic (exact) mass is 269 g/mol. The normalized spacial score (nSPS) is 25.7. The first-order valence-electron chi connectivity index (χ1n) is 6.50. The minimum Gasteiger partial charge on any atom is -0.338 e. The highest BCUT2D eigenvalue weighted by molar-refractivity contribution is 5.94. The van der Waals surface area contributed by atoms with E-state index in [-0.39, 0.29) is 5.56 Å². The Morgan fingerprint density at radius 3 is 2.11 bits per heavy atom. The van der Waals surface area contributed by atoms with Crippen molar-refractivity contribution in [1.82, 2.24) is 4.90 Å². The lowest BCUT2D eigenvalue weighted by atomic mass is 10.0. The van der Waals surface area contributed by atoms with Gasteiger partial charge in [0.15, 0.2) is 17.5 Å². The maximum atomic E-state index is 13.1. The number of nitrogens with zero attached hydrogens (tertiary/aromatic N) is 1. The molecule has 1 aromatic carbocycles. The van der Waals surface area contributed by atoms with Crippen LogP contribution in [0.3, 0.4) is 0 Å². The molecule has 0 aromatic heterocycles. The topological polar surface area (TPSA) is 20.3 Å². The molecule has 1 aromatic rings. The molecule has 3 rings (SSSR count). The first kappa shape index (κ1) is 12.5. The fourth-order valence-electron chi connectivity index (χ4n) is 3.26. The molecule has 0 spiro atoms. The average Bonchev–Trinajstić information content (AvgIpc) is 2.94. The quantitative estimate of drug-likeness (QED) is 0.718. The second kappa shape index (κ2) is 4.54. The van der Waals surface area contributed by atoms with Gasteiger partial charge in [-0.25, -0.2) is 13.2 Å². The van der Waals surface area contributed by atoms with Gasteiger partial charge in [0.2, 0.25) is 0 Å². The van der Waals surface area contributed by atoms with E-state index < -0.39 is 23.4 Å². The van der Waals surface area contributed by atoms with Crippen LogP contribution in [0.4, 0.5) is 13.2 Å². The lowest BCUT2D eigenvalue weighted by molar-refractivity contribution is 0.0779. The third-order valence-electron chi connectivity index (χ3n) is 4.24. The molecule has 2 nitrogen and oxygen atoms in total. The summed E-state index contributed by atoms with van der Waals surface area (Å²) in [4.78, 5) is 13.8. The molecule has 2 fully saturated rings. The predicted octanol–water partition coefficient (Wildman–Crippen LogP) is 2.98. The van der Waals surface area contributed by atoms with Gasteiger partial charge in [-0.15, -0.1) is 0 Å². The maximum Gasteiger partial charge on any atom is 0.254 e. The number of likely N-dealkylation sites (tertiary alicyclic amines) is 1. The Morgan fingerprint density at radius 1 is 1.05 bits per heavy atom. The Labute approximate surface area is 109 Å². The van der Waals surface area contributed by atoms with Crippen molar-refractivity contribution in [2.75, 3.05) is 13.1 Å². The lowest BCUT2D eigenvalue weighted by Gasteiger charge is -2.17. The molecule has 19 heavy (non-hydrogen) atoms. The van der Waals surface area contributed by atoms with Crippen molar-refractivity contribution in [3.63, 3.8) is 0 Å². The van der Waals surface area contributed by atoms with Gasteiger partial charge in [-0.1, -0.05) is 6.42 Å². The van der Waals surface area contributed by atoms with Crippen LogP contribution in [0.25, 0.3) is 0 Å². The minimum atomic E-state index is -1.53. The standard InChI is InChI=1S/C14H14F3NO/c15-11-4-10(5-12(16)13(11)17)14(19)18-6-8-2-1-3-9(8)7-18/h4-5,8-9H,1-3,6-7H2. The zero-order chi connectivity index (χ0) is 13.6. The fourth-order valence-corrected chi connectivity index (χ4v) is 3.26. The Morgan fingerprint density at radius 2 is 1.58 bits per heavy atom. The van der Waals surface area contributed by atoms with E-state index in [0.717, 1.165) is 25.0 Å². The predicted molar refractivity (Wildman–Crippen MR) is 63.1 cm³/mol. The first-order valence-corrected chi connectivity index (χ1v) is 6.50. The van der Waals surface area contributed by atoms with Crippen molar-refractivity contribution in [3.8, 4) is 0 Å². The van der Waals surface area contributed by atoms with Crippen LogP contribution >= 0.6 is 0 Å². The number of fused-ring (bicyclic) bond motifs is 1. The molecule has 5 heteroatoms. The molecule has 1 aliphatic heterocycles. The zero-order valence-electron chi connectivity index (χ0n) is 10.3. The van der Waals surface area contributed by atoms with Crippen LogP contribution in [0.15, 0.2) is 12.1 Å². The number of amides is 1. The Bertz CT molecular complexity index is 496. The van der Waals surface area contributed by atoms with Crippen LogP contribution in [0.2, 0.25) is 0 Å². The maximum absolute atomic E-state index is 13.1. The van der Waals surface area contributed by atoms with Crippen molar-refractivity contribution in [2.24, 2.45) is 11.8 Å². The molecule has 1 amide bonds. The van der Waals surface area contributed by atoms with Crippen molar-refractivity contribution < 1.29 is 18.0 Å².